The molecule has 3 heteroatoms. The fourth-order valence-corrected chi connectivity index (χ4v) is 2.95. The zero-order valence-corrected chi connectivity index (χ0v) is 13.5. The highest BCUT2D eigenvalue weighted by Gasteiger charge is 2.17. The van der Waals surface area contributed by atoms with E-state index >= 15 is 0 Å². The molecule has 0 bridgehead atoms. The molecule has 0 aliphatic rings. The van der Waals surface area contributed by atoms with Gasteiger partial charge < -0.3 is 5.11 Å². The highest BCUT2D eigenvalue weighted by molar-refractivity contribution is 9.10. The molecule has 0 saturated heterocycles. The number of hydrogen-bond donors (Lipinski definition) is 1. The molecule has 2 aromatic rings. The van der Waals surface area contributed by atoms with Gasteiger partial charge in [-0.3, -0.25) is 0 Å². The summed E-state index contributed by atoms with van der Waals surface area (Å²) in [7, 11) is 0. The quantitative estimate of drug-likeness (QED) is 0.806. The lowest BCUT2D eigenvalue weighted by molar-refractivity contribution is 0.219. The summed E-state index contributed by atoms with van der Waals surface area (Å²) in [6.45, 7) is 6.14. The largest absolute Gasteiger partial charge is 0.384 e. The molecule has 0 saturated carbocycles. The van der Waals surface area contributed by atoms with Gasteiger partial charge in [0.15, 0.2) is 0 Å². The lowest BCUT2D eigenvalue weighted by Crippen LogP contribution is -2.04. The molecule has 0 spiro atoms. The minimum atomic E-state index is -0.695. The Morgan fingerprint density at radius 3 is 2.21 bits per heavy atom. The molecule has 1 nitrogen and oxygen atoms in total. The highest BCUT2D eigenvalue weighted by atomic mass is 79.9. The summed E-state index contributed by atoms with van der Waals surface area (Å²) in [5, 5.41) is 11.1. The molecule has 1 N–H and O–H groups in total. The molecule has 0 radical (unpaired) electrons. The van der Waals surface area contributed by atoms with Crippen LogP contribution >= 0.6 is 27.5 Å². The van der Waals surface area contributed by atoms with Gasteiger partial charge >= 0.3 is 0 Å². The monoisotopic (exact) mass is 338 g/mol. The lowest BCUT2D eigenvalue weighted by atomic mass is 9.93. The average Bonchev–Trinajstić information content (AvgIpc) is 2.33. The summed E-state index contributed by atoms with van der Waals surface area (Å²) < 4.78 is 0.908. The Bertz CT molecular complexity index is 622. The zero-order chi connectivity index (χ0) is 14.2. The van der Waals surface area contributed by atoms with E-state index in [1.54, 1.807) is 6.07 Å². The maximum atomic E-state index is 10.6. The van der Waals surface area contributed by atoms with Crippen molar-refractivity contribution in [1.29, 1.82) is 0 Å². The molecule has 0 fully saturated rings. The van der Waals surface area contributed by atoms with E-state index in [-0.39, 0.29) is 0 Å². The van der Waals surface area contributed by atoms with Crippen LogP contribution in [0.25, 0.3) is 0 Å². The first-order valence-electron chi connectivity index (χ1n) is 6.11. The summed E-state index contributed by atoms with van der Waals surface area (Å²) >= 11 is 9.58. The number of aliphatic hydroxyl groups is 1. The van der Waals surface area contributed by atoms with Crippen LogP contribution in [0.2, 0.25) is 5.02 Å². The first kappa shape index (κ1) is 14.6. The van der Waals surface area contributed by atoms with Gasteiger partial charge in [-0.05, 0) is 55.2 Å². The second kappa shape index (κ2) is 5.66. The minimum Gasteiger partial charge on any atom is -0.384 e. The van der Waals surface area contributed by atoms with E-state index in [0.717, 1.165) is 21.2 Å². The predicted octanol–water partition coefficient (Wildman–Crippen LogP) is 5.11. The van der Waals surface area contributed by atoms with Crippen LogP contribution in [-0.2, 0) is 0 Å². The lowest BCUT2D eigenvalue weighted by Gasteiger charge is -2.17. The van der Waals surface area contributed by atoms with Crippen LogP contribution in [0.4, 0.5) is 0 Å². The molecular formula is C16H16BrClO. The Morgan fingerprint density at radius 2 is 1.58 bits per heavy atom. The van der Waals surface area contributed by atoms with Crippen LogP contribution in [-0.4, -0.2) is 5.11 Å². The van der Waals surface area contributed by atoms with Crippen molar-refractivity contribution in [2.45, 2.75) is 26.9 Å². The standard InChI is InChI=1S/C16H16BrClO/c1-9-6-11(3)14(7-10(9)2)16(19)13-5-4-12(17)8-15(13)18/h4-8,16,19H,1-3H3. The van der Waals surface area contributed by atoms with Crippen molar-refractivity contribution in [1.82, 2.24) is 0 Å². The molecule has 1 atom stereocenters. The van der Waals surface area contributed by atoms with Gasteiger partial charge in [-0.2, -0.15) is 0 Å². The van der Waals surface area contributed by atoms with Crippen molar-refractivity contribution in [3.63, 3.8) is 0 Å². The molecule has 0 aliphatic heterocycles. The number of hydrogen-bond acceptors (Lipinski definition) is 1. The van der Waals surface area contributed by atoms with Crippen LogP contribution < -0.4 is 0 Å². The van der Waals surface area contributed by atoms with Crippen molar-refractivity contribution in [3.8, 4) is 0 Å². The van der Waals surface area contributed by atoms with Gasteiger partial charge in [0, 0.05) is 15.1 Å². The van der Waals surface area contributed by atoms with E-state index in [1.165, 1.54) is 11.1 Å². The number of rotatable bonds is 2. The predicted molar refractivity (Wildman–Crippen MR) is 83.9 cm³/mol. The van der Waals surface area contributed by atoms with E-state index in [1.807, 2.05) is 32.0 Å². The SMILES string of the molecule is Cc1cc(C)c(C(O)c2ccc(Br)cc2Cl)cc1C. The van der Waals surface area contributed by atoms with Crippen LogP contribution in [0.3, 0.4) is 0 Å². The van der Waals surface area contributed by atoms with Gasteiger partial charge in [0.1, 0.15) is 6.10 Å². The minimum absolute atomic E-state index is 0.569. The smallest absolute Gasteiger partial charge is 0.106 e. The second-order valence-electron chi connectivity index (χ2n) is 4.86. The molecule has 0 aromatic heterocycles. The summed E-state index contributed by atoms with van der Waals surface area (Å²) in [4.78, 5) is 0. The average molecular weight is 340 g/mol. The third-order valence-corrected chi connectivity index (χ3v) is 4.25. The third kappa shape index (κ3) is 3.02. The number of aryl methyl sites for hydroxylation is 3. The molecule has 0 aliphatic carbocycles. The molecule has 19 heavy (non-hydrogen) atoms. The third-order valence-electron chi connectivity index (χ3n) is 3.43. The van der Waals surface area contributed by atoms with Gasteiger partial charge in [0.25, 0.3) is 0 Å². The zero-order valence-electron chi connectivity index (χ0n) is 11.2. The van der Waals surface area contributed by atoms with Crippen LogP contribution in [0.15, 0.2) is 34.8 Å². The Labute approximate surface area is 127 Å². The number of halogens is 2. The maximum absolute atomic E-state index is 10.6. The first-order valence-corrected chi connectivity index (χ1v) is 7.28. The Kier molecular flexibility index (Phi) is 4.34. The van der Waals surface area contributed by atoms with Crippen molar-refractivity contribution < 1.29 is 5.11 Å². The van der Waals surface area contributed by atoms with Crippen molar-refractivity contribution in [2.75, 3.05) is 0 Å². The fourth-order valence-electron chi connectivity index (χ4n) is 2.17. The van der Waals surface area contributed by atoms with Crippen molar-refractivity contribution in [3.05, 3.63) is 67.6 Å². The van der Waals surface area contributed by atoms with E-state index < -0.39 is 6.10 Å². The van der Waals surface area contributed by atoms with E-state index in [4.69, 9.17) is 11.6 Å². The van der Waals surface area contributed by atoms with Gasteiger partial charge in [0.05, 0.1) is 0 Å². The van der Waals surface area contributed by atoms with E-state index in [9.17, 15) is 5.11 Å². The summed E-state index contributed by atoms with van der Waals surface area (Å²) in [5.74, 6) is 0. The molecule has 1 unspecified atom stereocenters. The summed E-state index contributed by atoms with van der Waals surface area (Å²) in [6, 6.07) is 9.68. The summed E-state index contributed by atoms with van der Waals surface area (Å²) in [6.07, 6.45) is -0.695. The van der Waals surface area contributed by atoms with Crippen molar-refractivity contribution >= 4 is 27.5 Å². The van der Waals surface area contributed by atoms with Gasteiger partial charge in [-0.15, -0.1) is 0 Å². The molecule has 100 valence electrons. The fraction of sp³-hybridized carbons (Fsp3) is 0.250. The Balaban J connectivity index is 2.49. The second-order valence-corrected chi connectivity index (χ2v) is 6.18. The first-order chi connectivity index (χ1) is 8.90. The molecule has 0 amide bonds. The molecule has 0 heterocycles. The molecule has 2 aromatic carbocycles. The number of benzene rings is 2. The Hall–Kier alpha value is -0.830. The van der Waals surface area contributed by atoms with Gasteiger partial charge in [0.2, 0.25) is 0 Å². The molecular weight excluding hydrogens is 324 g/mol. The topological polar surface area (TPSA) is 20.2 Å². The van der Waals surface area contributed by atoms with Crippen LogP contribution in [0.1, 0.15) is 33.9 Å². The molecule has 2 rings (SSSR count). The van der Waals surface area contributed by atoms with Crippen molar-refractivity contribution in [2.24, 2.45) is 0 Å². The normalized spacial score (nSPS) is 12.5. The van der Waals surface area contributed by atoms with E-state index in [0.29, 0.717) is 5.02 Å². The summed E-state index contributed by atoms with van der Waals surface area (Å²) in [5.41, 5.74) is 5.13. The van der Waals surface area contributed by atoms with Gasteiger partial charge in [-0.1, -0.05) is 45.7 Å². The van der Waals surface area contributed by atoms with E-state index in [2.05, 4.69) is 28.9 Å². The Morgan fingerprint density at radius 1 is 0.947 bits per heavy atom. The van der Waals surface area contributed by atoms with Crippen LogP contribution in [0, 0.1) is 20.8 Å². The maximum Gasteiger partial charge on any atom is 0.106 e. The number of aliphatic hydroxyl groups excluding tert-OH is 1. The van der Waals surface area contributed by atoms with Crippen LogP contribution in [0.5, 0.6) is 0 Å². The van der Waals surface area contributed by atoms with Gasteiger partial charge in [-0.25, -0.2) is 0 Å². The highest BCUT2D eigenvalue weighted by Crippen LogP contribution is 2.32.